The van der Waals surface area contributed by atoms with Gasteiger partial charge in [-0.1, -0.05) is 6.07 Å². The highest BCUT2D eigenvalue weighted by Gasteiger charge is 2.15. The van der Waals surface area contributed by atoms with Crippen LogP contribution in [0.4, 0.5) is 0 Å². The monoisotopic (exact) mass is 481 g/mol. The van der Waals surface area contributed by atoms with Gasteiger partial charge in [-0.15, -0.1) is 24.0 Å². The van der Waals surface area contributed by atoms with Gasteiger partial charge in [-0.3, -0.25) is 4.99 Å². The first-order chi connectivity index (χ1) is 11.5. The Labute approximate surface area is 173 Å². The lowest BCUT2D eigenvalue weighted by molar-refractivity contribution is 0.354. The highest BCUT2D eigenvalue weighted by Crippen LogP contribution is 2.27. The smallest absolute Gasteiger partial charge is 0.191 e. The van der Waals surface area contributed by atoms with Gasteiger partial charge in [0.2, 0.25) is 0 Å². The van der Waals surface area contributed by atoms with E-state index >= 15 is 0 Å². The number of benzene rings is 1. The minimum absolute atomic E-state index is 0. The molecular formula is C18H32IN3O2S. The van der Waals surface area contributed by atoms with Gasteiger partial charge in [0.1, 0.15) is 0 Å². The molecule has 2 N–H and O–H groups in total. The van der Waals surface area contributed by atoms with Crippen LogP contribution in [0.15, 0.2) is 23.2 Å². The average Bonchev–Trinajstić information content (AvgIpc) is 2.59. The molecule has 0 saturated heterocycles. The number of nitrogens with zero attached hydrogens (tertiary/aromatic N) is 1. The summed E-state index contributed by atoms with van der Waals surface area (Å²) in [7, 11) is 3.30. The summed E-state index contributed by atoms with van der Waals surface area (Å²) >= 11 is 1.83. The molecule has 144 valence electrons. The molecule has 0 atom stereocenters. The van der Waals surface area contributed by atoms with Crippen LogP contribution in [-0.4, -0.2) is 50.8 Å². The van der Waals surface area contributed by atoms with Crippen molar-refractivity contribution in [2.75, 3.05) is 40.1 Å². The molecule has 5 nitrogen and oxygen atoms in total. The summed E-state index contributed by atoms with van der Waals surface area (Å²) in [6, 6.07) is 6.01. The molecule has 0 aliphatic carbocycles. The number of hydrogen-bond donors (Lipinski definition) is 2. The van der Waals surface area contributed by atoms with Gasteiger partial charge in [0.25, 0.3) is 0 Å². The molecule has 0 unspecified atom stereocenters. The highest BCUT2D eigenvalue weighted by molar-refractivity contribution is 14.0. The number of halogens is 1. The Balaban J connectivity index is 0.00000576. The molecule has 0 fully saturated rings. The van der Waals surface area contributed by atoms with Gasteiger partial charge in [-0.25, -0.2) is 0 Å². The maximum absolute atomic E-state index is 5.35. The van der Waals surface area contributed by atoms with Crippen LogP contribution in [0.25, 0.3) is 0 Å². The second-order valence-corrected chi connectivity index (χ2v) is 7.54. The zero-order valence-electron chi connectivity index (χ0n) is 16.1. The van der Waals surface area contributed by atoms with Crippen molar-refractivity contribution in [2.45, 2.75) is 31.9 Å². The number of hydrogen-bond acceptors (Lipinski definition) is 4. The van der Waals surface area contributed by atoms with E-state index in [1.54, 1.807) is 14.2 Å². The number of methoxy groups -OCH3 is 2. The van der Waals surface area contributed by atoms with E-state index in [4.69, 9.17) is 9.47 Å². The van der Waals surface area contributed by atoms with Crippen LogP contribution in [0.5, 0.6) is 11.5 Å². The molecule has 7 heteroatoms. The predicted molar refractivity (Wildman–Crippen MR) is 120 cm³/mol. The quantitative estimate of drug-likeness (QED) is 0.321. The van der Waals surface area contributed by atoms with E-state index in [0.29, 0.717) is 0 Å². The molecule has 1 aromatic carbocycles. The summed E-state index contributed by atoms with van der Waals surface area (Å²) in [6.45, 7) is 8.91. The molecule has 0 aromatic heterocycles. The number of guanidine groups is 1. The Kier molecular flexibility index (Phi) is 12.1. The van der Waals surface area contributed by atoms with Crippen molar-refractivity contribution in [3.63, 3.8) is 0 Å². The van der Waals surface area contributed by atoms with Gasteiger partial charge in [0, 0.05) is 17.8 Å². The van der Waals surface area contributed by atoms with Crippen LogP contribution in [0.1, 0.15) is 26.3 Å². The number of aliphatic imine (C=N–C) groups is 1. The lowest BCUT2D eigenvalue weighted by atomic mass is 10.1. The molecule has 25 heavy (non-hydrogen) atoms. The standard InChI is InChI=1S/C18H31N3O2S.HI/c1-7-19-17(21-13-18(2,3)24-6)20-11-10-14-8-9-15(22-4)16(12-14)23-5;/h8-9,12H,7,10-11,13H2,1-6H3,(H2,19,20,21);1H. The topological polar surface area (TPSA) is 54.9 Å². The van der Waals surface area contributed by atoms with E-state index in [0.717, 1.165) is 43.5 Å². The molecule has 1 aromatic rings. The molecule has 1 rings (SSSR count). The molecule has 0 saturated carbocycles. The van der Waals surface area contributed by atoms with Crippen molar-refractivity contribution in [3.05, 3.63) is 23.8 Å². The number of nitrogens with one attached hydrogen (secondary N) is 2. The van der Waals surface area contributed by atoms with Gasteiger partial charge >= 0.3 is 0 Å². The van der Waals surface area contributed by atoms with Gasteiger partial charge < -0.3 is 20.1 Å². The summed E-state index contributed by atoms with van der Waals surface area (Å²) in [5.41, 5.74) is 1.19. The number of rotatable bonds is 9. The second kappa shape index (κ2) is 12.5. The minimum atomic E-state index is 0. The molecule has 0 amide bonds. The van der Waals surface area contributed by atoms with Crippen LogP contribution >= 0.6 is 35.7 Å². The first-order valence-corrected chi connectivity index (χ1v) is 9.46. The third-order valence-electron chi connectivity index (χ3n) is 3.67. The zero-order valence-corrected chi connectivity index (χ0v) is 19.3. The van der Waals surface area contributed by atoms with Gasteiger partial charge in [0.15, 0.2) is 17.5 Å². The summed E-state index contributed by atoms with van der Waals surface area (Å²) in [6.07, 6.45) is 3.00. The molecule has 0 aliphatic heterocycles. The van der Waals surface area contributed by atoms with Gasteiger partial charge in [-0.2, -0.15) is 11.8 Å². The SMILES string of the molecule is CCNC(=NCC(C)(C)SC)NCCc1ccc(OC)c(OC)c1.I. The molecule has 0 spiro atoms. The van der Waals surface area contributed by atoms with E-state index in [2.05, 4.69) is 48.7 Å². The maximum Gasteiger partial charge on any atom is 0.191 e. The van der Waals surface area contributed by atoms with Crippen LogP contribution in [0.3, 0.4) is 0 Å². The summed E-state index contributed by atoms with van der Waals surface area (Å²) in [4.78, 5) is 4.68. The molecular weight excluding hydrogens is 449 g/mol. The van der Waals surface area contributed by atoms with Crippen molar-refractivity contribution in [1.29, 1.82) is 0 Å². The zero-order chi connectivity index (χ0) is 18.0. The van der Waals surface area contributed by atoms with E-state index in [9.17, 15) is 0 Å². The van der Waals surface area contributed by atoms with Crippen LogP contribution in [-0.2, 0) is 6.42 Å². The number of thioether (sulfide) groups is 1. The third-order valence-corrected chi connectivity index (χ3v) is 4.90. The molecule has 0 bridgehead atoms. The Bertz CT molecular complexity index is 539. The van der Waals surface area contributed by atoms with Gasteiger partial charge in [0.05, 0.1) is 20.8 Å². The van der Waals surface area contributed by atoms with Crippen LogP contribution in [0.2, 0.25) is 0 Å². The van der Waals surface area contributed by atoms with E-state index in [-0.39, 0.29) is 28.7 Å². The highest BCUT2D eigenvalue weighted by atomic mass is 127. The molecule has 0 aliphatic rings. The average molecular weight is 481 g/mol. The molecule has 0 radical (unpaired) electrons. The summed E-state index contributed by atoms with van der Waals surface area (Å²) in [5.74, 6) is 2.38. The Morgan fingerprint density at radius 3 is 2.40 bits per heavy atom. The van der Waals surface area contributed by atoms with Gasteiger partial charge in [-0.05, 0) is 51.1 Å². The lowest BCUT2D eigenvalue weighted by Gasteiger charge is -2.20. The van der Waals surface area contributed by atoms with Crippen molar-refractivity contribution >= 4 is 41.7 Å². The van der Waals surface area contributed by atoms with Crippen LogP contribution < -0.4 is 20.1 Å². The Morgan fingerprint density at radius 1 is 1.16 bits per heavy atom. The van der Waals surface area contributed by atoms with E-state index in [1.165, 1.54) is 5.56 Å². The van der Waals surface area contributed by atoms with E-state index < -0.39 is 0 Å². The predicted octanol–water partition coefficient (Wildman–Crippen LogP) is 3.56. The van der Waals surface area contributed by atoms with Crippen molar-refractivity contribution in [1.82, 2.24) is 10.6 Å². The first-order valence-electron chi connectivity index (χ1n) is 8.24. The Morgan fingerprint density at radius 2 is 1.84 bits per heavy atom. The second-order valence-electron chi connectivity index (χ2n) is 6.03. The largest absolute Gasteiger partial charge is 0.493 e. The fraction of sp³-hybridized carbons (Fsp3) is 0.611. The van der Waals surface area contributed by atoms with E-state index in [1.807, 2.05) is 23.9 Å². The molecule has 0 heterocycles. The van der Waals surface area contributed by atoms with Crippen LogP contribution in [0, 0.1) is 0 Å². The summed E-state index contributed by atoms with van der Waals surface area (Å²) in [5, 5.41) is 6.68. The summed E-state index contributed by atoms with van der Waals surface area (Å²) < 4.78 is 10.8. The first kappa shape index (κ1) is 24.2. The fourth-order valence-corrected chi connectivity index (χ4v) is 2.23. The minimum Gasteiger partial charge on any atom is -0.493 e. The third kappa shape index (κ3) is 8.89. The number of ether oxygens (including phenoxy) is 2. The Hall–Kier alpha value is -0.830. The maximum atomic E-state index is 5.35. The van der Waals surface area contributed by atoms with Crippen molar-refractivity contribution < 1.29 is 9.47 Å². The fourth-order valence-electron chi connectivity index (χ4n) is 2.04. The van der Waals surface area contributed by atoms with Crippen molar-refractivity contribution in [2.24, 2.45) is 4.99 Å². The van der Waals surface area contributed by atoms with Crippen molar-refractivity contribution in [3.8, 4) is 11.5 Å². The normalized spacial score (nSPS) is 11.5. The lowest BCUT2D eigenvalue weighted by Crippen LogP contribution is -2.39.